The van der Waals surface area contributed by atoms with Gasteiger partial charge < -0.3 is 0 Å². The summed E-state index contributed by atoms with van der Waals surface area (Å²) in [6.07, 6.45) is 0. The van der Waals surface area contributed by atoms with E-state index in [-0.39, 0.29) is 0 Å². The number of halogens is 3. The van der Waals surface area contributed by atoms with Crippen LogP contribution in [0.2, 0.25) is 0 Å². The molecule has 0 aliphatic carbocycles. The van der Waals surface area contributed by atoms with Gasteiger partial charge in [-0.2, -0.15) is 13.2 Å². The van der Waals surface area contributed by atoms with E-state index in [2.05, 4.69) is 0 Å². The molecule has 0 amide bonds. The van der Waals surface area contributed by atoms with E-state index < -0.39 is 6.68 Å². The molecule has 0 aliphatic rings. The van der Waals surface area contributed by atoms with Gasteiger partial charge in [0.05, 0.1) is 0 Å². The smallest absolute Gasteiger partial charge is 0.174 e. The Labute approximate surface area is 21.2 Å². The van der Waals surface area contributed by atoms with E-state index in [1.165, 1.54) is 0 Å². The summed E-state index contributed by atoms with van der Waals surface area (Å²) in [5, 5.41) is 0. The molecule has 0 rings (SSSR count). The first kappa shape index (κ1) is 9.21. The molecule has 0 fully saturated rings. The SMILES string of the molecule is FC(F)F.[Rf]. The summed E-state index contributed by atoms with van der Waals surface area (Å²) in [7, 11) is 0. The average Bonchev–Trinajstić information content (AvgIpc) is 0.811. The first-order valence-electron chi connectivity index (χ1n) is 0.655. The summed E-state index contributed by atoms with van der Waals surface area (Å²) >= 11 is 0. The van der Waals surface area contributed by atoms with Gasteiger partial charge in [0.1, 0.15) is 0 Å². The Balaban J connectivity index is 0. The van der Waals surface area contributed by atoms with E-state index in [1.807, 2.05) is 0 Å². The number of rotatable bonds is 0. The summed E-state index contributed by atoms with van der Waals surface area (Å²) in [5.74, 6) is 0. The normalized spacial score (nSPS) is 7.20. The fraction of sp³-hybridized carbons (Fsp3) is 1.00. The van der Waals surface area contributed by atoms with Crippen molar-refractivity contribution in [3.05, 3.63) is 0 Å². The van der Waals surface area contributed by atoms with Crippen molar-refractivity contribution in [3.63, 3.8) is 0 Å². The van der Waals surface area contributed by atoms with Crippen LogP contribution in [0.25, 0.3) is 0 Å². The van der Waals surface area contributed by atoms with Gasteiger partial charge in [-0.1, -0.05) is 0 Å². The van der Waals surface area contributed by atoms with Crippen LogP contribution < -0.4 is 0 Å². The molecule has 5 heavy (non-hydrogen) atoms. The van der Waals surface area contributed by atoms with Crippen molar-refractivity contribution in [2.75, 3.05) is 0 Å². The van der Waals surface area contributed by atoms with Crippen LogP contribution in [0.15, 0.2) is 0 Å². The van der Waals surface area contributed by atoms with Crippen molar-refractivity contribution < 1.29 is 13.2 Å². The van der Waals surface area contributed by atoms with Crippen LogP contribution in [0.1, 0.15) is 0 Å². The maximum Gasteiger partial charge on any atom is 0.379 e. The van der Waals surface area contributed by atoms with Gasteiger partial charge in [-0.15, -0.1) is 0 Å². The van der Waals surface area contributed by atoms with Crippen molar-refractivity contribution >= 4 is 0 Å². The van der Waals surface area contributed by atoms with Crippen molar-refractivity contribution in [2.24, 2.45) is 0 Å². The average molecular weight is 337 g/mol. The molecule has 0 aromatic carbocycles. The van der Waals surface area contributed by atoms with Gasteiger partial charge >= 0.3 is 6.68 Å². The third kappa shape index (κ3) is 1.19. The molecule has 0 unspecified atom stereocenters. The first-order valence-corrected chi connectivity index (χ1v) is 0.655. The zero-order valence-corrected chi connectivity index (χ0v) is 8.82. The fourth-order valence-corrected chi connectivity index (χ4v) is 0. The van der Waals surface area contributed by atoms with Crippen molar-refractivity contribution in [3.8, 4) is 0 Å². The molecular formula is CHF3Rf. The maximum atomic E-state index is 9.67. The third-order valence-corrected chi connectivity index (χ3v) is 0. The minimum Gasteiger partial charge on any atom is -0.174 e. The van der Waals surface area contributed by atoms with Crippen molar-refractivity contribution in [1.82, 2.24) is 0 Å². The summed E-state index contributed by atoms with van der Waals surface area (Å²) in [5.41, 5.74) is 0. The van der Waals surface area contributed by atoms with Crippen molar-refractivity contribution in [1.29, 1.82) is 0 Å². The molecule has 0 atom stereocenters. The molecule has 0 saturated heterocycles. The van der Waals surface area contributed by atoms with Gasteiger partial charge in [0.2, 0.25) is 0 Å². The van der Waals surface area contributed by atoms with E-state index in [0.717, 1.165) is 0 Å². The predicted octanol–water partition coefficient (Wildman–Crippen LogP) is 1.18. The first-order chi connectivity index (χ1) is 1.73. The van der Waals surface area contributed by atoms with E-state index in [1.54, 1.807) is 0 Å². The largest absolute Gasteiger partial charge is 0.379 e. The predicted molar refractivity (Wildman–Crippen MR) is 7.11 cm³/mol. The van der Waals surface area contributed by atoms with Gasteiger partial charge in [-0.05, 0) is 0 Å². The molecule has 0 radical (unpaired) electrons. The van der Waals surface area contributed by atoms with Gasteiger partial charge in [-0.3, -0.25) is 0 Å². The molecule has 28 valence electrons. The molecule has 0 N–H and O–H groups in total. The molecule has 0 spiro atoms. The van der Waals surface area contributed by atoms with Gasteiger partial charge in [0.15, 0.2) is 0 Å². The summed E-state index contributed by atoms with van der Waals surface area (Å²) < 4.78 is 29.0. The molecule has 0 heterocycles. The minimum atomic E-state index is -3.67. The van der Waals surface area contributed by atoms with Crippen LogP contribution in [0.3, 0.4) is 0 Å². The molecular weight excluding hydrogens is 336 g/mol. The van der Waals surface area contributed by atoms with Gasteiger partial charge in [0, 0.05) is 0 Å². The van der Waals surface area contributed by atoms with Crippen LogP contribution in [0.4, 0.5) is 13.2 Å². The zero-order valence-electron chi connectivity index (χ0n) is 2.42. The van der Waals surface area contributed by atoms with E-state index in [9.17, 15) is 13.2 Å². The Bertz CT molecular complexity index is 11.6. The second-order valence-corrected chi connectivity index (χ2v) is 0.247. The minimum absolute atomic E-state index is 0. The number of hydrogen-bond donors (Lipinski definition) is 0. The second kappa shape index (κ2) is 2.79. The van der Waals surface area contributed by atoms with E-state index >= 15 is 0 Å². The zero-order chi connectivity index (χ0) is 3.58. The Morgan fingerprint density at radius 3 is 1.00 bits per heavy atom. The molecule has 0 aromatic rings. The molecule has 0 aliphatic heterocycles. The molecule has 0 bridgehead atoms. The van der Waals surface area contributed by atoms with Gasteiger partial charge in [0.25, 0.3) is 0 Å². The molecule has 0 nitrogen and oxygen atoms in total. The van der Waals surface area contributed by atoms with E-state index in [4.69, 9.17) is 0 Å². The quantitative estimate of drug-likeness (QED) is 0.623. The second-order valence-electron chi connectivity index (χ2n) is 0.247. The van der Waals surface area contributed by atoms with Crippen molar-refractivity contribution in [2.45, 2.75) is 6.68 Å². The summed E-state index contributed by atoms with van der Waals surface area (Å²) in [4.78, 5) is 0. The molecule has 4 heteroatoms. The summed E-state index contributed by atoms with van der Waals surface area (Å²) in [6, 6.07) is 0. The Hall–Kier alpha value is -1.21. The topological polar surface area (TPSA) is 0 Å². The Kier molecular flexibility index (Phi) is 5.14. The third-order valence-electron chi connectivity index (χ3n) is 0. The fourth-order valence-electron chi connectivity index (χ4n) is 0. The van der Waals surface area contributed by atoms with Crippen LogP contribution >= 0.6 is 0 Å². The summed E-state index contributed by atoms with van der Waals surface area (Å²) in [6.45, 7) is -3.67. The van der Waals surface area contributed by atoms with Crippen LogP contribution in [0.5, 0.6) is 0 Å². The molecule has 0 aromatic heterocycles. The maximum absolute atomic E-state index is 9.67. The standard InChI is InChI=1S/CHF3.Rf/c2-1(3)4;/h1H;. The Morgan fingerprint density at radius 2 is 1.00 bits per heavy atom. The van der Waals surface area contributed by atoms with Gasteiger partial charge in [-0.25, -0.2) is 0 Å². The number of alkyl halides is 3. The van der Waals surface area contributed by atoms with Crippen LogP contribution in [0, 0.1) is 0 Å². The monoisotopic (exact) mass is 337 g/mol. The molecule has 0 saturated carbocycles. The van der Waals surface area contributed by atoms with E-state index in [0.29, 0.717) is 0 Å². The van der Waals surface area contributed by atoms with Crippen LogP contribution in [-0.4, -0.2) is 6.68 Å². The Morgan fingerprint density at radius 1 is 1.00 bits per heavy atom. The number of hydrogen-bond acceptors (Lipinski definition) is 0. The van der Waals surface area contributed by atoms with Crippen LogP contribution in [-0.2, 0) is 0 Å².